The summed E-state index contributed by atoms with van der Waals surface area (Å²) >= 11 is 0.556. The second-order valence-electron chi connectivity index (χ2n) is 3.25. The van der Waals surface area contributed by atoms with E-state index in [1.165, 1.54) is 15.4 Å². The summed E-state index contributed by atoms with van der Waals surface area (Å²) in [5.74, 6) is 0. The first-order valence-electron chi connectivity index (χ1n) is 3.38. The van der Waals surface area contributed by atoms with Crippen molar-refractivity contribution in [1.29, 1.82) is 0 Å². The van der Waals surface area contributed by atoms with Crippen molar-refractivity contribution in [3.63, 3.8) is 0 Å². The van der Waals surface area contributed by atoms with E-state index in [9.17, 15) is 0 Å². The predicted octanol–water partition coefficient (Wildman–Crippen LogP) is -2.20. The number of hydrogen-bond donors (Lipinski definition) is 0. The average Bonchev–Trinajstić information content (AvgIpc) is 1.77. The van der Waals surface area contributed by atoms with E-state index in [0.717, 1.165) is 0 Å². The average molecular weight is 240 g/mol. The van der Waals surface area contributed by atoms with Crippen LogP contribution in [0.15, 0.2) is 0 Å². The van der Waals surface area contributed by atoms with Gasteiger partial charge in [-0.2, -0.15) is 0 Å². The third-order valence-corrected chi connectivity index (χ3v) is 5.66. The van der Waals surface area contributed by atoms with Crippen LogP contribution in [0.1, 0.15) is 13.8 Å². The molecule has 1 nitrogen and oxygen atoms in total. The number of alkyl halides is 2. The predicted molar refractivity (Wildman–Crippen MR) is 36.4 cm³/mol. The Labute approximate surface area is 68.1 Å². The number of halogens is 1. The molecule has 2 heteroatoms. The Morgan fingerprint density at radius 2 is 2.11 bits per heavy atom. The van der Waals surface area contributed by atoms with Crippen LogP contribution in [-0.2, 0) is 0 Å². The fraction of sp³-hybridized carbons (Fsp3) is 1.00. The number of nitrogens with zero attached hydrogens (tertiary/aromatic N) is 1. The summed E-state index contributed by atoms with van der Waals surface area (Å²) in [6.45, 7) is 6.04. The van der Waals surface area contributed by atoms with Gasteiger partial charge in [-0.15, -0.1) is 0 Å². The van der Waals surface area contributed by atoms with Crippen LogP contribution in [0.4, 0.5) is 0 Å². The van der Waals surface area contributed by atoms with Gasteiger partial charge in [0.05, 0.1) is 0 Å². The summed E-state index contributed by atoms with van der Waals surface area (Å²) in [5, 5.41) is 0. The third kappa shape index (κ3) is 1.80. The summed E-state index contributed by atoms with van der Waals surface area (Å²) in [6, 6.07) is 0. The molecule has 0 aromatic carbocycles. The molecule has 0 bridgehead atoms. The summed E-state index contributed by atoms with van der Waals surface area (Å²) in [4.78, 5) is 2.48. The van der Waals surface area contributed by atoms with Crippen LogP contribution in [0.3, 0.4) is 0 Å². The van der Waals surface area contributed by atoms with E-state index in [1.807, 2.05) is 0 Å². The van der Waals surface area contributed by atoms with Crippen molar-refractivity contribution in [2.24, 2.45) is 0 Å². The van der Waals surface area contributed by atoms with E-state index < -0.39 is 0 Å². The second-order valence-corrected chi connectivity index (χ2v) is 6.17. The Morgan fingerprint density at radius 3 is 2.44 bits per heavy atom. The standard InChI is InChI=1S/C7H15IN/c1-7(2)6-8-4-5-9(7)3/h4-6H2,1-3H3/q-1. The van der Waals surface area contributed by atoms with Crippen LogP contribution >= 0.6 is 0 Å². The molecular weight excluding hydrogens is 225 g/mol. The Balaban J connectivity index is 2.49. The van der Waals surface area contributed by atoms with Crippen LogP contribution in [-0.4, -0.2) is 32.9 Å². The van der Waals surface area contributed by atoms with E-state index in [0.29, 0.717) is 26.7 Å². The molecule has 56 valence electrons. The van der Waals surface area contributed by atoms with Crippen LogP contribution in [0, 0.1) is 0 Å². The summed E-state index contributed by atoms with van der Waals surface area (Å²) in [5.41, 5.74) is 0.519. The van der Waals surface area contributed by atoms with Crippen molar-refractivity contribution in [1.82, 2.24) is 4.90 Å². The van der Waals surface area contributed by atoms with Gasteiger partial charge in [-0.05, 0) is 0 Å². The second kappa shape index (κ2) is 2.74. The van der Waals surface area contributed by atoms with Crippen LogP contribution in [0.25, 0.3) is 0 Å². The molecule has 9 heavy (non-hydrogen) atoms. The first-order valence-corrected chi connectivity index (χ1v) is 6.43. The Hall–Kier alpha value is 0.690. The Bertz CT molecular complexity index is 101. The van der Waals surface area contributed by atoms with E-state index in [4.69, 9.17) is 0 Å². The fourth-order valence-corrected chi connectivity index (χ4v) is 4.24. The van der Waals surface area contributed by atoms with Crippen molar-refractivity contribution in [3.05, 3.63) is 0 Å². The zero-order chi connectivity index (χ0) is 6.91. The maximum absolute atomic E-state index is 2.48. The molecule has 0 aromatic rings. The molecule has 0 saturated carbocycles. The molecule has 0 radical (unpaired) electrons. The van der Waals surface area contributed by atoms with Crippen LogP contribution in [0.2, 0.25) is 0 Å². The minimum atomic E-state index is 0.519. The van der Waals surface area contributed by atoms with Crippen molar-refractivity contribution in [2.75, 3.05) is 22.4 Å². The molecule has 1 saturated heterocycles. The van der Waals surface area contributed by atoms with Gasteiger partial charge in [-0.25, -0.2) is 0 Å². The van der Waals surface area contributed by atoms with Crippen LogP contribution in [0.5, 0.6) is 0 Å². The number of hydrogen-bond acceptors (Lipinski definition) is 1. The third-order valence-electron chi connectivity index (χ3n) is 2.01. The molecule has 1 aliphatic rings. The topological polar surface area (TPSA) is 3.24 Å². The zero-order valence-corrected chi connectivity index (χ0v) is 8.60. The molecule has 0 aliphatic carbocycles. The molecule has 0 amide bonds. The van der Waals surface area contributed by atoms with Crippen molar-refractivity contribution < 1.29 is 21.2 Å². The van der Waals surface area contributed by atoms with Crippen LogP contribution < -0.4 is 21.2 Å². The molecule has 1 heterocycles. The van der Waals surface area contributed by atoms with Gasteiger partial charge >= 0.3 is 67.9 Å². The Morgan fingerprint density at radius 1 is 1.44 bits per heavy atom. The summed E-state index contributed by atoms with van der Waals surface area (Å²) in [7, 11) is 2.24. The molecule has 0 aromatic heterocycles. The van der Waals surface area contributed by atoms with E-state index in [2.05, 4.69) is 25.8 Å². The monoisotopic (exact) mass is 240 g/mol. The fourth-order valence-electron chi connectivity index (χ4n) is 0.889. The van der Waals surface area contributed by atoms with Crippen molar-refractivity contribution in [3.8, 4) is 0 Å². The number of rotatable bonds is 0. The molecule has 1 aliphatic heterocycles. The Kier molecular flexibility index (Phi) is 2.37. The van der Waals surface area contributed by atoms with E-state index in [1.54, 1.807) is 0 Å². The van der Waals surface area contributed by atoms with Gasteiger partial charge in [0, 0.05) is 0 Å². The molecule has 0 N–H and O–H groups in total. The summed E-state index contributed by atoms with van der Waals surface area (Å²) < 4.78 is 2.97. The first-order chi connectivity index (χ1) is 4.13. The normalized spacial score (nSPS) is 29.2. The zero-order valence-electron chi connectivity index (χ0n) is 6.45. The van der Waals surface area contributed by atoms with E-state index >= 15 is 0 Å². The van der Waals surface area contributed by atoms with Gasteiger partial charge < -0.3 is 0 Å². The first kappa shape index (κ1) is 7.79. The minimum absolute atomic E-state index is 0.519. The molecule has 0 atom stereocenters. The molecular formula is C7H15IN-. The van der Waals surface area contributed by atoms with Gasteiger partial charge in [0.25, 0.3) is 0 Å². The molecule has 0 spiro atoms. The molecule has 1 rings (SSSR count). The van der Waals surface area contributed by atoms with Gasteiger partial charge in [-0.3, -0.25) is 0 Å². The quantitative estimate of drug-likeness (QED) is 0.343. The van der Waals surface area contributed by atoms with Crippen molar-refractivity contribution >= 4 is 0 Å². The van der Waals surface area contributed by atoms with Gasteiger partial charge in [-0.1, -0.05) is 0 Å². The van der Waals surface area contributed by atoms with Gasteiger partial charge in [0.2, 0.25) is 0 Å². The maximum atomic E-state index is 2.48. The van der Waals surface area contributed by atoms with Crippen molar-refractivity contribution in [2.45, 2.75) is 19.4 Å². The van der Waals surface area contributed by atoms with Gasteiger partial charge in [0.1, 0.15) is 0 Å². The van der Waals surface area contributed by atoms with E-state index in [-0.39, 0.29) is 0 Å². The van der Waals surface area contributed by atoms with Gasteiger partial charge in [0.15, 0.2) is 0 Å². The molecule has 1 fully saturated rings. The SMILES string of the molecule is CN1CC[I-]CC1(C)C. The summed E-state index contributed by atoms with van der Waals surface area (Å²) in [6.07, 6.45) is 0. The molecule has 0 unspecified atom stereocenters.